The summed E-state index contributed by atoms with van der Waals surface area (Å²) in [6, 6.07) is 6.94. The van der Waals surface area contributed by atoms with Crippen LogP contribution in [0.25, 0.3) is 0 Å². The highest BCUT2D eigenvalue weighted by Gasteiger charge is 2.02. The fraction of sp³-hybridized carbons (Fsp3) is 0.357. The van der Waals surface area contributed by atoms with Crippen LogP contribution in [0.1, 0.15) is 12.5 Å². The zero-order chi connectivity index (χ0) is 16.4. The van der Waals surface area contributed by atoms with E-state index >= 15 is 0 Å². The van der Waals surface area contributed by atoms with Crippen LogP contribution in [-0.2, 0) is 9.53 Å². The molecule has 0 heterocycles. The van der Waals surface area contributed by atoms with E-state index in [1.165, 1.54) is 0 Å². The number of rotatable bonds is 8. The van der Waals surface area contributed by atoms with Gasteiger partial charge >= 0.3 is 5.97 Å². The molecule has 0 amide bonds. The molecule has 0 fully saturated rings. The monoisotopic (exact) mass is 325 g/mol. The lowest BCUT2D eigenvalue weighted by Gasteiger charge is -2.13. The predicted molar refractivity (Wildman–Crippen MR) is 87.4 cm³/mol. The van der Waals surface area contributed by atoms with E-state index < -0.39 is 5.97 Å². The summed E-state index contributed by atoms with van der Waals surface area (Å²) in [5.74, 6) is -0.531. The minimum Gasteiger partial charge on any atom is -0.482 e. The minimum absolute atomic E-state index is 0.0888. The molecule has 1 rings (SSSR count). The van der Waals surface area contributed by atoms with E-state index in [1.807, 2.05) is 6.92 Å². The highest BCUT2D eigenvalue weighted by atomic mass is 32.1. The molecule has 120 valence electrons. The van der Waals surface area contributed by atoms with Crippen molar-refractivity contribution in [3.8, 4) is 5.75 Å². The Morgan fingerprint density at radius 2 is 2.14 bits per heavy atom. The fourth-order valence-corrected chi connectivity index (χ4v) is 1.76. The van der Waals surface area contributed by atoms with E-state index in [4.69, 9.17) is 26.8 Å². The van der Waals surface area contributed by atoms with Gasteiger partial charge < -0.3 is 19.9 Å². The maximum atomic E-state index is 10.4. The maximum absolute atomic E-state index is 10.4. The molecule has 0 aliphatic rings. The number of hydrogen-bond acceptors (Lipinski definition) is 5. The number of hydrogen-bond donors (Lipinski definition) is 3. The van der Waals surface area contributed by atoms with Gasteiger partial charge in [-0.05, 0) is 49.0 Å². The Morgan fingerprint density at radius 1 is 1.45 bits per heavy atom. The van der Waals surface area contributed by atoms with Crippen LogP contribution in [-0.4, -0.2) is 48.8 Å². The smallest absolute Gasteiger partial charge is 0.341 e. The van der Waals surface area contributed by atoms with E-state index in [2.05, 4.69) is 15.8 Å². The van der Waals surface area contributed by atoms with Crippen molar-refractivity contribution in [2.45, 2.75) is 13.0 Å². The normalized spacial score (nSPS) is 11.9. The molecule has 3 N–H and O–H groups in total. The van der Waals surface area contributed by atoms with Crippen LogP contribution in [0.5, 0.6) is 5.75 Å². The third kappa shape index (κ3) is 7.55. The molecule has 7 nitrogen and oxygen atoms in total. The molecule has 1 aromatic carbocycles. The van der Waals surface area contributed by atoms with Crippen LogP contribution >= 0.6 is 12.2 Å². The highest BCUT2D eigenvalue weighted by Crippen LogP contribution is 2.10. The number of benzene rings is 1. The molecule has 1 atom stereocenters. The van der Waals surface area contributed by atoms with Gasteiger partial charge in [-0.3, -0.25) is 5.43 Å². The molecule has 0 bridgehead atoms. The minimum atomic E-state index is -1.02. The molecule has 0 radical (unpaired) electrons. The van der Waals surface area contributed by atoms with Crippen LogP contribution in [0, 0.1) is 0 Å². The van der Waals surface area contributed by atoms with Crippen molar-refractivity contribution in [2.75, 3.05) is 20.3 Å². The van der Waals surface area contributed by atoms with Gasteiger partial charge in [0.05, 0.1) is 12.8 Å². The Bertz CT molecular complexity index is 519. The van der Waals surface area contributed by atoms with E-state index in [1.54, 1.807) is 37.6 Å². The van der Waals surface area contributed by atoms with Crippen molar-refractivity contribution >= 4 is 29.5 Å². The average molecular weight is 325 g/mol. The zero-order valence-electron chi connectivity index (χ0n) is 12.4. The number of ether oxygens (including phenoxy) is 2. The largest absolute Gasteiger partial charge is 0.482 e. The highest BCUT2D eigenvalue weighted by molar-refractivity contribution is 7.80. The molecule has 1 aromatic rings. The zero-order valence-corrected chi connectivity index (χ0v) is 13.2. The van der Waals surface area contributed by atoms with Gasteiger partial charge in [0.25, 0.3) is 0 Å². The van der Waals surface area contributed by atoms with Crippen LogP contribution in [0.3, 0.4) is 0 Å². The number of aliphatic carboxylic acids is 1. The molecular weight excluding hydrogens is 306 g/mol. The molecule has 0 saturated carbocycles. The standard InChI is InChI=1S/C14H19N3O4S/c1-10(8-20-2)16-14(22)17-15-7-11-3-5-12(6-4-11)21-9-13(18)19/h3-7,10H,8-9H2,1-2H3,(H,18,19)(H2,16,17,22)/b15-7-/t10-/m0/s1. The number of nitrogens with one attached hydrogen (secondary N) is 2. The van der Waals surface area contributed by atoms with Crippen LogP contribution < -0.4 is 15.5 Å². The molecule has 8 heteroatoms. The van der Waals surface area contributed by atoms with E-state index in [9.17, 15) is 4.79 Å². The number of carbonyl (C=O) groups is 1. The fourth-order valence-electron chi connectivity index (χ4n) is 1.51. The van der Waals surface area contributed by atoms with E-state index in [-0.39, 0.29) is 12.6 Å². The number of methoxy groups -OCH3 is 1. The number of hydrazone groups is 1. The van der Waals surface area contributed by atoms with Gasteiger partial charge in [0.2, 0.25) is 0 Å². The number of carboxylic acids is 1. The van der Waals surface area contributed by atoms with Gasteiger partial charge in [0, 0.05) is 13.2 Å². The van der Waals surface area contributed by atoms with Crippen molar-refractivity contribution in [2.24, 2.45) is 5.10 Å². The molecule has 0 spiro atoms. The SMILES string of the molecule is COC[C@H](C)NC(=S)N/N=C\c1ccc(OCC(=O)O)cc1. The first-order chi connectivity index (χ1) is 10.5. The summed E-state index contributed by atoms with van der Waals surface area (Å²) in [7, 11) is 1.62. The molecule has 0 aromatic heterocycles. The molecule has 0 aliphatic heterocycles. The van der Waals surface area contributed by atoms with Crippen molar-refractivity contribution in [3.05, 3.63) is 29.8 Å². The summed E-state index contributed by atoms with van der Waals surface area (Å²) in [6.45, 7) is 2.12. The summed E-state index contributed by atoms with van der Waals surface area (Å²) >= 11 is 5.07. The number of carboxylic acid groups (broad SMARTS) is 1. The predicted octanol–water partition coefficient (Wildman–Crippen LogP) is 0.983. The average Bonchev–Trinajstić information content (AvgIpc) is 2.46. The van der Waals surface area contributed by atoms with Crippen molar-refractivity contribution in [1.29, 1.82) is 0 Å². The van der Waals surface area contributed by atoms with Crippen molar-refractivity contribution in [1.82, 2.24) is 10.7 Å². The first-order valence-corrected chi connectivity index (χ1v) is 6.95. The first kappa shape index (κ1) is 17.9. The van der Waals surface area contributed by atoms with Gasteiger partial charge in [0.1, 0.15) is 5.75 Å². The lowest BCUT2D eigenvalue weighted by molar-refractivity contribution is -0.139. The Kier molecular flexibility index (Phi) is 7.87. The third-order valence-corrected chi connectivity index (χ3v) is 2.63. The summed E-state index contributed by atoms with van der Waals surface area (Å²) < 4.78 is 10.0. The van der Waals surface area contributed by atoms with Gasteiger partial charge in [-0.2, -0.15) is 5.10 Å². The number of thiocarbonyl (C=S) groups is 1. The first-order valence-electron chi connectivity index (χ1n) is 6.54. The topological polar surface area (TPSA) is 92.2 Å². The van der Waals surface area contributed by atoms with Gasteiger partial charge in [-0.25, -0.2) is 4.79 Å². The van der Waals surface area contributed by atoms with Crippen LogP contribution in [0.2, 0.25) is 0 Å². The van der Waals surface area contributed by atoms with Gasteiger partial charge in [-0.1, -0.05) is 0 Å². The lowest BCUT2D eigenvalue weighted by atomic mass is 10.2. The summed E-state index contributed by atoms with van der Waals surface area (Å²) in [6.07, 6.45) is 1.59. The van der Waals surface area contributed by atoms with Gasteiger partial charge in [-0.15, -0.1) is 0 Å². The van der Waals surface area contributed by atoms with Crippen LogP contribution in [0.15, 0.2) is 29.4 Å². The second-order valence-electron chi connectivity index (χ2n) is 4.45. The lowest BCUT2D eigenvalue weighted by Crippen LogP contribution is -2.40. The molecule has 22 heavy (non-hydrogen) atoms. The summed E-state index contributed by atoms with van der Waals surface area (Å²) in [4.78, 5) is 10.4. The Labute approximate surface area is 134 Å². The Hall–Kier alpha value is -2.19. The van der Waals surface area contributed by atoms with Crippen molar-refractivity contribution < 1.29 is 19.4 Å². The molecule has 0 unspecified atom stereocenters. The van der Waals surface area contributed by atoms with E-state index in [0.717, 1.165) is 5.56 Å². The number of nitrogens with zero attached hydrogens (tertiary/aromatic N) is 1. The molecule has 0 aliphatic carbocycles. The van der Waals surface area contributed by atoms with Gasteiger partial charge in [0.15, 0.2) is 11.7 Å². The third-order valence-electron chi connectivity index (χ3n) is 2.42. The maximum Gasteiger partial charge on any atom is 0.341 e. The molecule has 0 saturated heterocycles. The van der Waals surface area contributed by atoms with Crippen LogP contribution in [0.4, 0.5) is 0 Å². The quantitative estimate of drug-likeness (QED) is 0.373. The second-order valence-corrected chi connectivity index (χ2v) is 4.86. The van der Waals surface area contributed by atoms with E-state index in [0.29, 0.717) is 17.5 Å². The Morgan fingerprint density at radius 3 is 2.73 bits per heavy atom. The second kappa shape index (κ2) is 9.69. The summed E-state index contributed by atoms with van der Waals surface area (Å²) in [5, 5.41) is 15.9. The molecular formula is C14H19N3O4S. The van der Waals surface area contributed by atoms with Crippen molar-refractivity contribution in [3.63, 3.8) is 0 Å². The summed E-state index contributed by atoms with van der Waals surface area (Å²) in [5.41, 5.74) is 3.52. The Balaban J connectivity index is 2.39.